The van der Waals surface area contributed by atoms with Crippen molar-refractivity contribution in [2.24, 2.45) is 11.8 Å². The molecule has 62 valence electrons. The molecule has 0 saturated carbocycles. The Bertz CT molecular complexity index is 187. The quantitative estimate of drug-likeness (QED) is 0.593. The third kappa shape index (κ3) is 1.79. The molecule has 1 aliphatic heterocycles. The molecule has 3 nitrogen and oxygen atoms in total. The van der Waals surface area contributed by atoms with Gasteiger partial charge >= 0.3 is 0 Å². The van der Waals surface area contributed by atoms with E-state index in [1.54, 1.807) is 0 Å². The summed E-state index contributed by atoms with van der Waals surface area (Å²) in [6.07, 6.45) is 0.420. The van der Waals surface area contributed by atoms with Crippen LogP contribution in [-0.4, -0.2) is 18.2 Å². The zero-order valence-electron chi connectivity index (χ0n) is 6.89. The molecule has 1 fully saturated rings. The second kappa shape index (κ2) is 3.03. The van der Waals surface area contributed by atoms with Crippen LogP contribution in [0.5, 0.6) is 0 Å². The van der Waals surface area contributed by atoms with Crippen molar-refractivity contribution in [3.63, 3.8) is 0 Å². The Balaban J connectivity index is 2.61. The molecule has 0 unspecified atom stereocenters. The van der Waals surface area contributed by atoms with Crippen molar-refractivity contribution in [3.05, 3.63) is 0 Å². The second-order valence-electron chi connectivity index (χ2n) is 3.31. The normalized spacial score (nSPS) is 25.5. The van der Waals surface area contributed by atoms with Crippen molar-refractivity contribution in [1.29, 1.82) is 0 Å². The molecule has 1 aliphatic rings. The molecule has 0 aromatic rings. The minimum absolute atomic E-state index is 0.0274. The first-order valence-electron chi connectivity index (χ1n) is 3.90. The van der Waals surface area contributed by atoms with Crippen LogP contribution in [-0.2, 0) is 9.59 Å². The lowest BCUT2D eigenvalue weighted by molar-refractivity contribution is -0.135. The Labute approximate surface area is 66.2 Å². The fourth-order valence-electron chi connectivity index (χ4n) is 1.27. The summed E-state index contributed by atoms with van der Waals surface area (Å²) in [6, 6.07) is 0. The van der Waals surface area contributed by atoms with E-state index < -0.39 is 0 Å². The average molecular weight is 155 g/mol. The third-order valence-corrected chi connectivity index (χ3v) is 2.05. The van der Waals surface area contributed by atoms with Crippen molar-refractivity contribution >= 4 is 11.7 Å². The SMILES string of the molecule is CC(C)[C@H]1CC(=O)CNC1=O. The van der Waals surface area contributed by atoms with Gasteiger partial charge in [0, 0.05) is 12.3 Å². The summed E-state index contributed by atoms with van der Waals surface area (Å²) in [5, 5.41) is 2.57. The maximum atomic E-state index is 11.1. The first kappa shape index (κ1) is 8.24. The Morgan fingerprint density at radius 1 is 1.45 bits per heavy atom. The predicted octanol–water partition coefficient (Wildman–Crippen LogP) is 0.348. The van der Waals surface area contributed by atoms with Crippen molar-refractivity contribution in [3.8, 4) is 0 Å². The zero-order chi connectivity index (χ0) is 8.43. The molecule has 0 aromatic carbocycles. The summed E-state index contributed by atoms with van der Waals surface area (Å²) in [4.78, 5) is 22.0. The van der Waals surface area contributed by atoms with Gasteiger partial charge in [-0.15, -0.1) is 0 Å². The number of carbonyl (C=O) groups is 2. The van der Waals surface area contributed by atoms with Gasteiger partial charge in [0.15, 0.2) is 5.78 Å². The van der Waals surface area contributed by atoms with Gasteiger partial charge in [-0.1, -0.05) is 13.8 Å². The second-order valence-corrected chi connectivity index (χ2v) is 3.31. The van der Waals surface area contributed by atoms with Gasteiger partial charge in [0.2, 0.25) is 5.91 Å². The average Bonchev–Trinajstić information content (AvgIpc) is 1.94. The number of ketones is 1. The van der Waals surface area contributed by atoms with Crippen molar-refractivity contribution < 1.29 is 9.59 Å². The van der Waals surface area contributed by atoms with Crippen LogP contribution in [0.15, 0.2) is 0 Å². The van der Waals surface area contributed by atoms with E-state index in [1.165, 1.54) is 0 Å². The molecule has 1 atom stereocenters. The van der Waals surface area contributed by atoms with Gasteiger partial charge in [-0.05, 0) is 5.92 Å². The Morgan fingerprint density at radius 2 is 2.09 bits per heavy atom. The minimum Gasteiger partial charge on any atom is -0.349 e. The fourth-order valence-corrected chi connectivity index (χ4v) is 1.27. The molecule has 1 heterocycles. The van der Waals surface area contributed by atoms with E-state index in [0.717, 1.165) is 0 Å². The summed E-state index contributed by atoms with van der Waals surface area (Å²) in [5.74, 6) is 0.332. The Hall–Kier alpha value is -0.860. The van der Waals surface area contributed by atoms with Crippen LogP contribution in [0.1, 0.15) is 20.3 Å². The van der Waals surface area contributed by atoms with Crippen molar-refractivity contribution in [2.75, 3.05) is 6.54 Å². The number of nitrogens with one attached hydrogen (secondary N) is 1. The highest BCUT2D eigenvalue weighted by atomic mass is 16.2. The Morgan fingerprint density at radius 3 is 2.55 bits per heavy atom. The molecule has 0 spiro atoms. The monoisotopic (exact) mass is 155 g/mol. The van der Waals surface area contributed by atoms with Crippen LogP contribution in [0.25, 0.3) is 0 Å². The highest BCUT2D eigenvalue weighted by Gasteiger charge is 2.28. The maximum absolute atomic E-state index is 11.1. The summed E-state index contributed by atoms with van der Waals surface area (Å²) in [5.41, 5.74) is 0. The van der Waals surface area contributed by atoms with Gasteiger partial charge in [0.25, 0.3) is 0 Å². The lowest BCUT2D eigenvalue weighted by atomic mass is 9.87. The van der Waals surface area contributed by atoms with Crippen LogP contribution in [0, 0.1) is 11.8 Å². The first-order chi connectivity index (χ1) is 5.11. The lowest BCUT2D eigenvalue weighted by Crippen LogP contribution is -2.43. The number of rotatable bonds is 1. The molecule has 1 amide bonds. The number of Topliss-reactive ketones (excluding diaryl/α,β-unsaturated/α-hetero) is 1. The Kier molecular flexibility index (Phi) is 2.27. The third-order valence-electron chi connectivity index (χ3n) is 2.05. The van der Waals surface area contributed by atoms with E-state index in [-0.39, 0.29) is 30.1 Å². The predicted molar refractivity (Wildman–Crippen MR) is 41.0 cm³/mol. The smallest absolute Gasteiger partial charge is 0.224 e. The van der Waals surface area contributed by atoms with Gasteiger partial charge in [0.05, 0.1) is 6.54 Å². The number of carbonyl (C=O) groups excluding carboxylic acids is 2. The summed E-state index contributed by atoms with van der Waals surface area (Å²) in [6.45, 7) is 4.15. The zero-order valence-corrected chi connectivity index (χ0v) is 6.89. The maximum Gasteiger partial charge on any atom is 0.224 e. The van der Waals surface area contributed by atoms with E-state index >= 15 is 0 Å². The minimum atomic E-state index is -0.101. The van der Waals surface area contributed by atoms with Gasteiger partial charge in [-0.25, -0.2) is 0 Å². The molecule has 0 aromatic heterocycles. The standard InChI is InChI=1S/C8H13NO2/c1-5(2)7-3-6(10)4-9-8(7)11/h5,7H,3-4H2,1-2H3,(H,9,11)/t7-/m1/s1. The largest absolute Gasteiger partial charge is 0.349 e. The van der Waals surface area contributed by atoms with Gasteiger partial charge < -0.3 is 5.32 Å². The van der Waals surface area contributed by atoms with E-state index in [1.807, 2.05) is 13.8 Å². The number of amides is 1. The molecule has 3 heteroatoms. The number of hydrogen-bond donors (Lipinski definition) is 1. The fraction of sp³-hybridized carbons (Fsp3) is 0.750. The van der Waals surface area contributed by atoms with E-state index in [0.29, 0.717) is 6.42 Å². The van der Waals surface area contributed by atoms with Crippen LogP contribution in [0.4, 0.5) is 0 Å². The van der Waals surface area contributed by atoms with Gasteiger partial charge in [-0.3, -0.25) is 9.59 Å². The van der Waals surface area contributed by atoms with E-state index in [4.69, 9.17) is 0 Å². The molecule has 1 N–H and O–H groups in total. The van der Waals surface area contributed by atoms with Crippen molar-refractivity contribution in [2.45, 2.75) is 20.3 Å². The van der Waals surface area contributed by atoms with Crippen LogP contribution < -0.4 is 5.32 Å². The highest BCUT2D eigenvalue weighted by molar-refractivity contribution is 5.94. The highest BCUT2D eigenvalue weighted by Crippen LogP contribution is 2.17. The van der Waals surface area contributed by atoms with Crippen molar-refractivity contribution in [1.82, 2.24) is 5.32 Å². The summed E-state index contributed by atoms with van der Waals surface area (Å²) in [7, 11) is 0. The molecular formula is C8H13NO2. The van der Waals surface area contributed by atoms with Gasteiger partial charge in [-0.2, -0.15) is 0 Å². The van der Waals surface area contributed by atoms with E-state index in [9.17, 15) is 9.59 Å². The lowest BCUT2D eigenvalue weighted by Gasteiger charge is -2.23. The topological polar surface area (TPSA) is 46.2 Å². The molecule has 0 aliphatic carbocycles. The number of piperidine rings is 1. The van der Waals surface area contributed by atoms with E-state index in [2.05, 4.69) is 5.32 Å². The van der Waals surface area contributed by atoms with Crippen LogP contribution in [0.3, 0.4) is 0 Å². The summed E-state index contributed by atoms with van der Waals surface area (Å²) >= 11 is 0. The molecule has 11 heavy (non-hydrogen) atoms. The molecule has 0 radical (unpaired) electrons. The van der Waals surface area contributed by atoms with Crippen LogP contribution >= 0.6 is 0 Å². The molecule has 1 saturated heterocycles. The molecular weight excluding hydrogens is 142 g/mol. The number of hydrogen-bond acceptors (Lipinski definition) is 2. The summed E-state index contributed by atoms with van der Waals surface area (Å²) < 4.78 is 0. The first-order valence-corrected chi connectivity index (χ1v) is 3.90. The molecule has 1 rings (SSSR count). The van der Waals surface area contributed by atoms with Gasteiger partial charge in [0.1, 0.15) is 0 Å². The molecule has 0 bridgehead atoms. The van der Waals surface area contributed by atoms with Crippen LogP contribution in [0.2, 0.25) is 0 Å².